The first-order valence-corrected chi connectivity index (χ1v) is 9.98. The third kappa shape index (κ3) is 6.14. The molecule has 1 heterocycles. The molecule has 0 spiro atoms. The van der Waals surface area contributed by atoms with Crippen molar-refractivity contribution in [2.75, 3.05) is 23.8 Å². The van der Waals surface area contributed by atoms with Gasteiger partial charge in [0.15, 0.2) is 0 Å². The van der Waals surface area contributed by atoms with E-state index in [-0.39, 0.29) is 17.6 Å². The van der Waals surface area contributed by atoms with Gasteiger partial charge in [-0.25, -0.2) is 14.8 Å². The van der Waals surface area contributed by atoms with E-state index >= 15 is 0 Å². The topological polar surface area (TPSA) is 93.2 Å². The second-order valence-electron chi connectivity index (χ2n) is 6.83. The van der Waals surface area contributed by atoms with Crippen LogP contribution in [0.15, 0.2) is 48.3 Å². The van der Waals surface area contributed by atoms with E-state index in [9.17, 15) is 9.59 Å². The predicted octanol–water partition coefficient (Wildman–Crippen LogP) is 4.21. The molecule has 1 aliphatic carbocycles. The number of esters is 1. The van der Waals surface area contributed by atoms with Gasteiger partial charge in [0.05, 0.1) is 12.2 Å². The van der Waals surface area contributed by atoms with Gasteiger partial charge in [-0.05, 0) is 63.3 Å². The van der Waals surface area contributed by atoms with Crippen molar-refractivity contribution in [3.05, 3.63) is 59.6 Å². The maximum absolute atomic E-state index is 12.5. The van der Waals surface area contributed by atoms with Gasteiger partial charge in [-0.1, -0.05) is 11.6 Å². The van der Waals surface area contributed by atoms with Crippen LogP contribution in [0, 0.1) is 0 Å². The van der Waals surface area contributed by atoms with Crippen LogP contribution >= 0.6 is 0 Å². The van der Waals surface area contributed by atoms with Gasteiger partial charge in [0.2, 0.25) is 0 Å². The highest BCUT2D eigenvalue weighted by atomic mass is 16.5. The molecule has 0 saturated carbocycles. The Bertz CT molecular complexity index is 878. The normalized spacial score (nSPS) is 13.3. The Labute approximate surface area is 170 Å². The number of nitrogens with zero attached hydrogens (tertiary/aromatic N) is 2. The Hall–Kier alpha value is -3.22. The van der Waals surface area contributed by atoms with Gasteiger partial charge in [-0.3, -0.25) is 4.79 Å². The highest BCUT2D eigenvalue weighted by Gasteiger charge is 2.11. The van der Waals surface area contributed by atoms with E-state index in [4.69, 9.17) is 4.74 Å². The van der Waals surface area contributed by atoms with Crippen LogP contribution in [0.3, 0.4) is 0 Å². The van der Waals surface area contributed by atoms with E-state index in [1.165, 1.54) is 37.6 Å². The average Bonchev–Trinajstić information content (AvgIpc) is 2.75. The van der Waals surface area contributed by atoms with E-state index in [0.717, 1.165) is 13.0 Å². The molecule has 0 fully saturated rings. The maximum atomic E-state index is 12.5. The van der Waals surface area contributed by atoms with Gasteiger partial charge in [-0.15, -0.1) is 0 Å². The fourth-order valence-corrected chi connectivity index (χ4v) is 3.16. The van der Waals surface area contributed by atoms with E-state index in [2.05, 4.69) is 26.7 Å². The van der Waals surface area contributed by atoms with Crippen LogP contribution in [0.4, 0.5) is 11.5 Å². The summed E-state index contributed by atoms with van der Waals surface area (Å²) in [6.45, 7) is 2.85. The number of rotatable bonds is 8. The fourth-order valence-electron chi connectivity index (χ4n) is 3.16. The van der Waals surface area contributed by atoms with E-state index in [1.807, 2.05) is 0 Å². The van der Waals surface area contributed by atoms with Crippen molar-refractivity contribution < 1.29 is 14.3 Å². The number of aromatic nitrogens is 2. The summed E-state index contributed by atoms with van der Waals surface area (Å²) < 4.78 is 4.95. The molecular formula is C22H26N4O3. The van der Waals surface area contributed by atoms with Crippen molar-refractivity contribution in [1.29, 1.82) is 0 Å². The monoisotopic (exact) mass is 394 g/mol. The van der Waals surface area contributed by atoms with Crippen LogP contribution in [0.1, 0.15) is 59.9 Å². The largest absolute Gasteiger partial charge is 0.462 e. The van der Waals surface area contributed by atoms with Gasteiger partial charge in [0, 0.05) is 18.3 Å². The Morgan fingerprint density at radius 3 is 2.69 bits per heavy atom. The van der Waals surface area contributed by atoms with Gasteiger partial charge >= 0.3 is 5.97 Å². The minimum atomic E-state index is -0.388. The Morgan fingerprint density at radius 2 is 1.97 bits per heavy atom. The average molecular weight is 394 g/mol. The maximum Gasteiger partial charge on any atom is 0.338 e. The number of carbonyl (C=O) groups is 2. The fraction of sp³-hybridized carbons (Fsp3) is 0.364. The molecule has 1 aromatic heterocycles. The Kier molecular flexibility index (Phi) is 7.33. The molecule has 7 heteroatoms. The summed E-state index contributed by atoms with van der Waals surface area (Å²) in [4.78, 5) is 32.4. The predicted molar refractivity (Wildman–Crippen MR) is 112 cm³/mol. The van der Waals surface area contributed by atoms with Crippen molar-refractivity contribution in [1.82, 2.24) is 9.97 Å². The number of amides is 1. The molecule has 0 aliphatic heterocycles. The zero-order valence-corrected chi connectivity index (χ0v) is 16.6. The molecule has 3 rings (SSSR count). The molecule has 0 bridgehead atoms. The third-order valence-corrected chi connectivity index (χ3v) is 4.69. The van der Waals surface area contributed by atoms with Crippen LogP contribution in [0.5, 0.6) is 0 Å². The number of nitrogens with one attached hydrogen (secondary N) is 2. The summed E-state index contributed by atoms with van der Waals surface area (Å²) in [6.07, 6.45) is 9.59. The molecule has 7 nitrogen and oxygen atoms in total. The van der Waals surface area contributed by atoms with Gasteiger partial charge < -0.3 is 15.4 Å². The van der Waals surface area contributed by atoms with Crippen molar-refractivity contribution in [3.63, 3.8) is 0 Å². The molecule has 1 aromatic carbocycles. The molecule has 29 heavy (non-hydrogen) atoms. The summed E-state index contributed by atoms with van der Waals surface area (Å²) in [6, 6.07) is 8.17. The standard InChI is InChI=1S/C22H26N4O3/c1-2-29-22(28)17-8-10-18(11-9-17)26-21(27)19-14-20(25-15-24-19)23-13-12-16-6-4-3-5-7-16/h6,8-11,14-15H,2-5,7,12-13H2,1H3,(H,26,27)(H,23,24,25). The van der Waals surface area contributed by atoms with E-state index in [0.29, 0.717) is 23.7 Å². The molecule has 2 N–H and O–H groups in total. The SMILES string of the molecule is CCOC(=O)c1ccc(NC(=O)c2cc(NCCC3=CCCCC3)ncn2)cc1. The molecule has 2 aromatic rings. The number of hydrogen-bond donors (Lipinski definition) is 2. The molecule has 1 amide bonds. The number of ether oxygens (including phenoxy) is 1. The first-order valence-electron chi connectivity index (χ1n) is 9.98. The quantitative estimate of drug-likeness (QED) is 0.515. The van der Waals surface area contributed by atoms with Gasteiger partial charge in [-0.2, -0.15) is 0 Å². The molecule has 0 atom stereocenters. The summed E-state index contributed by atoms with van der Waals surface area (Å²) in [5.41, 5.74) is 2.77. The minimum Gasteiger partial charge on any atom is -0.462 e. The number of allylic oxidation sites excluding steroid dienone is 1. The van der Waals surface area contributed by atoms with Crippen LogP contribution in [0.2, 0.25) is 0 Å². The van der Waals surface area contributed by atoms with Crippen molar-refractivity contribution in [2.24, 2.45) is 0 Å². The van der Waals surface area contributed by atoms with Gasteiger partial charge in [0.1, 0.15) is 17.8 Å². The molecule has 1 aliphatic rings. The number of hydrogen-bond acceptors (Lipinski definition) is 6. The number of benzene rings is 1. The van der Waals surface area contributed by atoms with Crippen LogP contribution < -0.4 is 10.6 Å². The van der Waals surface area contributed by atoms with E-state index in [1.54, 1.807) is 37.3 Å². The summed E-state index contributed by atoms with van der Waals surface area (Å²) in [5, 5.41) is 6.03. The van der Waals surface area contributed by atoms with Crippen LogP contribution in [-0.4, -0.2) is 35.0 Å². The zero-order chi connectivity index (χ0) is 20.5. The highest BCUT2D eigenvalue weighted by Crippen LogP contribution is 2.20. The highest BCUT2D eigenvalue weighted by molar-refractivity contribution is 6.03. The molecule has 0 unspecified atom stereocenters. The lowest BCUT2D eigenvalue weighted by atomic mass is 9.97. The first-order chi connectivity index (χ1) is 14.2. The Morgan fingerprint density at radius 1 is 1.14 bits per heavy atom. The third-order valence-electron chi connectivity index (χ3n) is 4.69. The molecule has 0 radical (unpaired) electrons. The molecule has 0 saturated heterocycles. The lowest BCUT2D eigenvalue weighted by Gasteiger charge is -2.13. The van der Waals surface area contributed by atoms with Crippen molar-refractivity contribution in [3.8, 4) is 0 Å². The lowest BCUT2D eigenvalue weighted by molar-refractivity contribution is 0.0526. The first kappa shape index (κ1) is 20.5. The Balaban J connectivity index is 1.54. The number of anilines is 2. The summed E-state index contributed by atoms with van der Waals surface area (Å²) in [5.74, 6) is -0.102. The van der Waals surface area contributed by atoms with Crippen molar-refractivity contribution in [2.45, 2.75) is 39.0 Å². The van der Waals surface area contributed by atoms with E-state index < -0.39 is 0 Å². The van der Waals surface area contributed by atoms with Crippen LogP contribution in [0.25, 0.3) is 0 Å². The lowest BCUT2D eigenvalue weighted by Crippen LogP contribution is -2.15. The second-order valence-corrected chi connectivity index (χ2v) is 6.83. The smallest absolute Gasteiger partial charge is 0.338 e. The molecular weight excluding hydrogens is 368 g/mol. The van der Waals surface area contributed by atoms with Crippen LogP contribution in [-0.2, 0) is 4.74 Å². The van der Waals surface area contributed by atoms with Gasteiger partial charge in [0.25, 0.3) is 5.91 Å². The molecule has 152 valence electrons. The zero-order valence-electron chi connectivity index (χ0n) is 16.6. The summed E-state index contributed by atoms with van der Waals surface area (Å²) in [7, 11) is 0. The minimum absolute atomic E-state index is 0.272. The summed E-state index contributed by atoms with van der Waals surface area (Å²) >= 11 is 0. The second kappa shape index (κ2) is 10.4. The number of carbonyl (C=O) groups excluding carboxylic acids is 2. The van der Waals surface area contributed by atoms with Crippen molar-refractivity contribution >= 4 is 23.4 Å².